The van der Waals surface area contributed by atoms with Crippen LogP contribution < -0.4 is 22.5 Å². The van der Waals surface area contributed by atoms with Gasteiger partial charge in [0, 0.05) is 49.2 Å². The molecule has 26 heavy (non-hydrogen) atoms. The molecule has 0 fully saturated rings. The van der Waals surface area contributed by atoms with Crippen LogP contribution in [0.25, 0.3) is 0 Å². The Balaban J connectivity index is 2.07. The number of hydrogen-bond donors (Lipinski definition) is 0. The quantitative estimate of drug-likeness (QED) is 0.765. The average molecular weight is 360 g/mol. The van der Waals surface area contributed by atoms with Gasteiger partial charge in [-0.15, -0.1) is 0 Å². The third-order valence-corrected chi connectivity index (χ3v) is 5.06. The molecule has 0 atom stereocenters. The van der Waals surface area contributed by atoms with Crippen molar-refractivity contribution in [3.05, 3.63) is 64.7 Å². The summed E-state index contributed by atoms with van der Waals surface area (Å²) in [6.45, 7) is 6.14. The van der Waals surface area contributed by atoms with E-state index < -0.39 is 0 Å². The van der Waals surface area contributed by atoms with E-state index in [2.05, 4.69) is 0 Å². The summed E-state index contributed by atoms with van der Waals surface area (Å²) in [6, 6.07) is -0.0690. The maximum Gasteiger partial charge on any atom is 0.331 e. The monoisotopic (exact) mass is 360 g/mol. The van der Waals surface area contributed by atoms with Gasteiger partial charge in [-0.1, -0.05) is 0 Å². The minimum atomic E-state index is -0.378. The highest BCUT2D eigenvalue weighted by Gasteiger charge is 2.21. The van der Waals surface area contributed by atoms with Crippen molar-refractivity contribution in [3.8, 4) is 0 Å². The first-order valence-corrected chi connectivity index (χ1v) is 8.88. The van der Waals surface area contributed by atoms with E-state index in [0.29, 0.717) is 24.1 Å². The molecule has 0 amide bonds. The molecular formula is C18H24N4O4. The summed E-state index contributed by atoms with van der Waals surface area (Å²) in [6.07, 6.45) is 3.31. The van der Waals surface area contributed by atoms with Gasteiger partial charge >= 0.3 is 11.4 Å². The molecule has 140 valence electrons. The molecule has 8 nitrogen and oxygen atoms in total. The molecule has 3 rings (SSSR count). The largest absolute Gasteiger partial charge is 0.331 e. The topological polar surface area (TPSA) is 88.0 Å². The number of fused-ring (bicyclic) bond motifs is 1. The number of rotatable bonds is 4. The Morgan fingerprint density at radius 1 is 1.08 bits per heavy atom. The van der Waals surface area contributed by atoms with Crippen LogP contribution in [0.2, 0.25) is 0 Å². The molecule has 2 aromatic heterocycles. The predicted molar refractivity (Wildman–Crippen MR) is 98.1 cm³/mol. The fourth-order valence-corrected chi connectivity index (χ4v) is 3.59. The third-order valence-electron chi connectivity index (χ3n) is 5.06. The van der Waals surface area contributed by atoms with E-state index in [-0.39, 0.29) is 41.5 Å². The Labute approximate surface area is 149 Å². The van der Waals surface area contributed by atoms with Crippen molar-refractivity contribution >= 4 is 0 Å². The lowest BCUT2D eigenvalue weighted by atomic mass is 10.1. The SMILES string of the molecule is Cc1cn(C(C)C)c(=O)n(CCc2c3n(c(=O)n(C)c2=O)CCC3)c1=O. The Hall–Kier alpha value is -2.64. The first-order valence-electron chi connectivity index (χ1n) is 8.88. The zero-order valence-electron chi connectivity index (χ0n) is 15.6. The van der Waals surface area contributed by atoms with Crippen LogP contribution in [0.5, 0.6) is 0 Å². The van der Waals surface area contributed by atoms with Crippen molar-refractivity contribution < 1.29 is 0 Å². The molecule has 2 aromatic rings. The lowest BCUT2D eigenvalue weighted by molar-refractivity contribution is 0.499. The first-order chi connectivity index (χ1) is 12.2. The fourth-order valence-electron chi connectivity index (χ4n) is 3.59. The fraction of sp³-hybridized carbons (Fsp3) is 0.556. The van der Waals surface area contributed by atoms with Crippen LogP contribution in [0, 0.1) is 6.92 Å². The van der Waals surface area contributed by atoms with Crippen molar-refractivity contribution in [2.75, 3.05) is 0 Å². The molecule has 0 spiro atoms. The standard InChI is InChI=1S/C18H24N4O4/c1-11(2)22-10-12(3)15(23)21(18(22)26)9-7-13-14-6-5-8-20(14)17(25)19(4)16(13)24/h10-11H,5-9H2,1-4H3. The highest BCUT2D eigenvalue weighted by Crippen LogP contribution is 2.14. The van der Waals surface area contributed by atoms with Crippen LogP contribution in [0.1, 0.15) is 43.1 Å². The van der Waals surface area contributed by atoms with Gasteiger partial charge in [-0.2, -0.15) is 0 Å². The number of aromatic nitrogens is 4. The Morgan fingerprint density at radius 2 is 1.77 bits per heavy atom. The van der Waals surface area contributed by atoms with E-state index in [4.69, 9.17) is 0 Å². The molecule has 1 aliphatic heterocycles. The summed E-state index contributed by atoms with van der Waals surface area (Å²) in [5.41, 5.74) is 0.386. The highest BCUT2D eigenvalue weighted by atomic mass is 16.2. The second-order valence-electron chi connectivity index (χ2n) is 7.13. The van der Waals surface area contributed by atoms with E-state index in [1.54, 1.807) is 17.7 Å². The first kappa shape index (κ1) is 18.2. The van der Waals surface area contributed by atoms with E-state index in [9.17, 15) is 19.2 Å². The Kier molecular flexibility index (Phi) is 4.60. The van der Waals surface area contributed by atoms with Gasteiger partial charge in [0.25, 0.3) is 11.1 Å². The van der Waals surface area contributed by atoms with Crippen LogP contribution in [0.15, 0.2) is 25.4 Å². The van der Waals surface area contributed by atoms with Gasteiger partial charge in [0.05, 0.1) is 0 Å². The van der Waals surface area contributed by atoms with Crippen molar-refractivity contribution in [2.45, 2.75) is 59.2 Å². The second kappa shape index (κ2) is 6.59. The van der Waals surface area contributed by atoms with Crippen LogP contribution in [-0.2, 0) is 33.0 Å². The Morgan fingerprint density at radius 3 is 2.42 bits per heavy atom. The summed E-state index contributed by atoms with van der Waals surface area (Å²) in [4.78, 5) is 49.8. The molecule has 1 aliphatic rings. The predicted octanol–water partition coefficient (Wildman–Crippen LogP) is -0.0514. The van der Waals surface area contributed by atoms with Gasteiger partial charge in [-0.3, -0.25) is 27.9 Å². The van der Waals surface area contributed by atoms with E-state index in [1.165, 1.54) is 16.2 Å². The van der Waals surface area contributed by atoms with Crippen molar-refractivity contribution in [1.82, 2.24) is 18.3 Å². The maximum atomic E-state index is 12.6. The smallest absolute Gasteiger partial charge is 0.298 e. The molecule has 0 aliphatic carbocycles. The highest BCUT2D eigenvalue weighted by molar-refractivity contribution is 5.21. The third kappa shape index (κ3) is 2.79. The van der Waals surface area contributed by atoms with Gasteiger partial charge in [0.15, 0.2) is 0 Å². The summed E-state index contributed by atoms with van der Waals surface area (Å²) < 4.78 is 5.44. The van der Waals surface area contributed by atoms with Gasteiger partial charge in [0.2, 0.25) is 0 Å². The summed E-state index contributed by atoms with van der Waals surface area (Å²) >= 11 is 0. The molecule has 0 aromatic carbocycles. The Bertz CT molecular complexity index is 1100. The van der Waals surface area contributed by atoms with Gasteiger partial charge in [-0.05, 0) is 40.0 Å². The molecular weight excluding hydrogens is 336 g/mol. The minimum absolute atomic E-state index is 0.0690. The molecule has 0 saturated carbocycles. The van der Waals surface area contributed by atoms with Crippen molar-refractivity contribution in [3.63, 3.8) is 0 Å². The van der Waals surface area contributed by atoms with Crippen molar-refractivity contribution in [2.24, 2.45) is 7.05 Å². The minimum Gasteiger partial charge on any atom is -0.298 e. The van der Waals surface area contributed by atoms with Gasteiger partial charge < -0.3 is 0 Å². The summed E-state index contributed by atoms with van der Waals surface area (Å²) in [5, 5.41) is 0. The van der Waals surface area contributed by atoms with Crippen LogP contribution in [0.3, 0.4) is 0 Å². The number of hydrogen-bond acceptors (Lipinski definition) is 4. The second-order valence-corrected chi connectivity index (χ2v) is 7.13. The van der Waals surface area contributed by atoms with Crippen LogP contribution in [-0.4, -0.2) is 18.3 Å². The molecule has 0 bridgehead atoms. The zero-order chi connectivity index (χ0) is 19.2. The van der Waals surface area contributed by atoms with E-state index in [0.717, 1.165) is 16.7 Å². The normalized spacial score (nSPS) is 13.4. The molecule has 0 saturated heterocycles. The van der Waals surface area contributed by atoms with Crippen molar-refractivity contribution in [1.29, 1.82) is 0 Å². The van der Waals surface area contributed by atoms with Gasteiger partial charge in [0.1, 0.15) is 0 Å². The lowest BCUT2D eigenvalue weighted by Gasteiger charge is -2.15. The molecule has 0 radical (unpaired) electrons. The number of nitrogens with zero attached hydrogens (tertiary/aromatic N) is 4. The van der Waals surface area contributed by atoms with Crippen LogP contribution >= 0.6 is 0 Å². The molecule has 3 heterocycles. The van der Waals surface area contributed by atoms with E-state index >= 15 is 0 Å². The summed E-state index contributed by atoms with van der Waals surface area (Å²) in [7, 11) is 1.46. The lowest BCUT2D eigenvalue weighted by Crippen LogP contribution is -2.43. The maximum absolute atomic E-state index is 12.6. The van der Waals surface area contributed by atoms with Crippen LogP contribution in [0.4, 0.5) is 0 Å². The molecule has 8 heteroatoms. The molecule has 0 N–H and O–H groups in total. The molecule has 0 unspecified atom stereocenters. The van der Waals surface area contributed by atoms with E-state index in [1.807, 2.05) is 13.8 Å². The average Bonchev–Trinajstić information content (AvgIpc) is 3.08. The summed E-state index contributed by atoms with van der Waals surface area (Å²) in [5.74, 6) is 0. The van der Waals surface area contributed by atoms with Gasteiger partial charge in [-0.25, -0.2) is 9.59 Å². The number of aryl methyl sites for hydroxylation is 1. The zero-order valence-corrected chi connectivity index (χ0v) is 15.6.